The van der Waals surface area contributed by atoms with Crippen molar-refractivity contribution in [2.45, 2.75) is 6.61 Å². The Morgan fingerprint density at radius 3 is 2.72 bits per heavy atom. The molecule has 186 valence electrons. The summed E-state index contributed by atoms with van der Waals surface area (Å²) in [4.78, 5) is 40.6. The van der Waals surface area contributed by atoms with E-state index in [1.54, 1.807) is 35.2 Å². The van der Waals surface area contributed by atoms with Gasteiger partial charge in [0.2, 0.25) is 5.91 Å². The lowest BCUT2D eigenvalue weighted by molar-refractivity contribution is -0.139. The van der Waals surface area contributed by atoms with E-state index in [-0.39, 0.29) is 24.0 Å². The van der Waals surface area contributed by atoms with Crippen LogP contribution in [0, 0.1) is 11.3 Å². The summed E-state index contributed by atoms with van der Waals surface area (Å²) < 4.78 is 17.2. The molecule has 0 bridgehead atoms. The molecule has 2 aliphatic rings. The number of ether oxygens (including phenoxy) is 3. The molecule has 2 fully saturated rings. The number of amides is 3. The number of halogens is 1. The Balaban J connectivity index is 1.49. The van der Waals surface area contributed by atoms with Crippen LogP contribution in [0.1, 0.15) is 16.7 Å². The largest absolute Gasteiger partial charge is 0.493 e. The number of nitriles is 1. The van der Waals surface area contributed by atoms with Crippen molar-refractivity contribution < 1.29 is 28.6 Å². The van der Waals surface area contributed by atoms with E-state index in [4.69, 9.17) is 14.2 Å². The number of morpholine rings is 1. The third-order valence-electron chi connectivity index (χ3n) is 5.59. The van der Waals surface area contributed by atoms with Crippen molar-refractivity contribution in [3.05, 3.63) is 62.5 Å². The minimum atomic E-state index is -0.518. The number of nitrogens with zero attached hydrogens (tertiary/aromatic N) is 3. The van der Waals surface area contributed by atoms with Gasteiger partial charge in [-0.1, -0.05) is 18.2 Å². The second-order valence-corrected chi connectivity index (χ2v) is 9.70. The smallest absolute Gasteiger partial charge is 0.294 e. The molecule has 0 atom stereocenters. The molecule has 0 spiro atoms. The van der Waals surface area contributed by atoms with E-state index >= 15 is 0 Å². The first kappa shape index (κ1) is 25.8. The predicted molar refractivity (Wildman–Crippen MR) is 136 cm³/mol. The van der Waals surface area contributed by atoms with Gasteiger partial charge in [-0.2, -0.15) is 5.26 Å². The molecule has 3 amide bonds. The number of thioether (sulfide) groups is 1. The highest BCUT2D eigenvalue weighted by Gasteiger charge is 2.37. The van der Waals surface area contributed by atoms with E-state index in [0.29, 0.717) is 53.4 Å². The highest BCUT2D eigenvalue weighted by Crippen LogP contribution is 2.39. The Morgan fingerprint density at radius 1 is 1.25 bits per heavy atom. The Morgan fingerprint density at radius 2 is 2.00 bits per heavy atom. The van der Waals surface area contributed by atoms with Crippen molar-refractivity contribution in [2.24, 2.45) is 0 Å². The monoisotopic (exact) mass is 571 g/mol. The van der Waals surface area contributed by atoms with E-state index in [1.807, 2.05) is 12.1 Å². The highest BCUT2D eigenvalue weighted by atomic mass is 79.9. The van der Waals surface area contributed by atoms with Crippen LogP contribution in [-0.2, 0) is 20.9 Å². The van der Waals surface area contributed by atoms with Crippen molar-refractivity contribution in [1.82, 2.24) is 9.80 Å². The summed E-state index contributed by atoms with van der Waals surface area (Å²) in [6.45, 7) is 1.62. The van der Waals surface area contributed by atoms with Crippen LogP contribution in [0.3, 0.4) is 0 Å². The van der Waals surface area contributed by atoms with Crippen LogP contribution >= 0.6 is 27.7 Å². The number of imide groups is 1. The Labute approximate surface area is 220 Å². The van der Waals surface area contributed by atoms with Gasteiger partial charge in [-0.25, -0.2) is 0 Å². The van der Waals surface area contributed by atoms with E-state index in [1.165, 1.54) is 7.11 Å². The zero-order chi connectivity index (χ0) is 25.7. The maximum absolute atomic E-state index is 12.9. The normalized spacial score (nSPS) is 16.9. The molecular weight excluding hydrogens is 550 g/mol. The Hall–Kier alpha value is -3.33. The van der Waals surface area contributed by atoms with Gasteiger partial charge in [0.05, 0.1) is 41.3 Å². The van der Waals surface area contributed by atoms with Crippen LogP contribution in [-0.4, -0.2) is 66.8 Å². The molecule has 2 aliphatic heterocycles. The summed E-state index contributed by atoms with van der Waals surface area (Å²) in [6.07, 6.45) is 1.58. The zero-order valence-electron chi connectivity index (χ0n) is 19.4. The maximum atomic E-state index is 12.9. The number of hydrogen-bond donors (Lipinski definition) is 0. The van der Waals surface area contributed by atoms with Crippen molar-refractivity contribution in [3.63, 3.8) is 0 Å². The fourth-order valence-corrected chi connectivity index (χ4v) is 5.12. The third-order valence-corrected chi connectivity index (χ3v) is 7.09. The van der Waals surface area contributed by atoms with Gasteiger partial charge < -0.3 is 19.1 Å². The van der Waals surface area contributed by atoms with Crippen molar-refractivity contribution >= 4 is 50.8 Å². The number of carbonyl (C=O) groups excluding carboxylic acids is 3. The summed E-state index contributed by atoms with van der Waals surface area (Å²) in [5.74, 6) is 0.0410. The molecule has 36 heavy (non-hydrogen) atoms. The van der Waals surface area contributed by atoms with Crippen molar-refractivity contribution in [2.75, 3.05) is 40.0 Å². The number of methoxy groups -OCH3 is 1. The molecule has 0 radical (unpaired) electrons. The van der Waals surface area contributed by atoms with Crippen LogP contribution in [0.4, 0.5) is 4.79 Å². The predicted octanol–water partition coefficient (Wildman–Crippen LogP) is 3.80. The molecule has 11 heteroatoms. The second-order valence-electron chi connectivity index (χ2n) is 7.85. The number of benzene rings is 2. The molecule has 0 saturated carbocycles. The van der Waals surface area contributed by atoms with E-state index in [9.17, 15) is 19.6 Å². The van der Waals surface area contributed by atoms with Gasteiger partial charge in [0.25, 0.3) is 11.1 Å². The second kappa shape index (κ2) is 11.6. The SMILES string of the molecule is COc1cc(/C=C2/SC(=O)N(CC(=O)N3CCOCC3)C2=O)cc(Br)c1OCc1ccccc1C#N. The van der Waals surface area contributed by atoms with Gasteiger partial charge in [0.1, 0.15) is 13.2 Å². The minimum absolute atomic E-state index is 0.161. The molecule has 2 aromatic rings. The van der Waals surface area contributed by atoms with Gasteiger partial charge in [-0.05, 0) is 57.5 Å². The van der Waals surface area contributed by atoms with Gasteiger partial charge in [0, 0.05) is 18.7 Å². The molecule has 4 rings (SSSR count). The Kier molecular flexibility index (Phi) is 8.30. The van der Waals surface area contributed by atoms with Gasteiger partial charge in [-0.15, -0.1) is 0 Å². The molecule has 9 nitrogen and oxygen atoms in total. The molecule has 2 heterocycles. The fraction of sp³-hybridized carbons (Fsp3) is 0.280. The first-order valence-electron chi connectivity index (χ1n) is 11.0. The van der Waals surface area contributed by atoms with E-state index < -0.39 is 11.1 Å². The first-order valence-corrected chi connectivity index (χ1v) is 12.6. The number of rotatable bonds is 7. The molecule has 0 aromatic heterocycles. The van der Waals surface area contributed by atoms with Crippen LogP contribution in [0.5, 0.6) is 11.5 Å². The fourth-order valence-electron chi connectivity index (χ4n) is 3.70. The lowest BCUT2D eigenvalue weighted by atomic mass is 10.1. The average molecular weight is 572 g/mol. The van der Waals surface area contributed by atoms with Crippen LogP contribution in [0.2, 0.25) is 0 Å². The van der Waals surface area contributed by atoms with Crippen molar-refractivity contribution in [3.8, 4) is 17.6 Å². The molecular formula is C25H22BrN3O6S. The maximum Gasteiger partial charge on any atom is 0.294 e. The van der Waals surface area contributed by atoms with Crippen LogP contribution in [0.15, 0.2) is 45.8 Å². The standard InChI is InChI=1S/C25H22BrN3O6S/c1-33-20-11-16(10-19(26)23(20)35-15-18-5-3-2-4-17(18)13-27)12-21-24(31)29(25(32)36-21)14-22(30)28-6-8-34-9-7-28/h2-5,10-12H,6-9,14-15H2,1H3/b21-12+. The Bertz CT molecular complexity index is 1270. The minimum Gasteiger partial charge on any atom is -0.493 e. The summed E-state index contributed by atoms with van der Waals surface area (Å²) in [5.41, 5.74) is 1.86. The van der Waals surface area contributed by atoms with Gasteiger partial charge in [0.15, 0.2) is 11.5 Å². The van der Waals surface area contributed by atoms with Crippen molar-refractivity contribution in [1.29, 1.82) is 5.26 Å². The quantitative estimate of drug-likeness (QED) is 0.461. The number of carbonyl (C=O) groups is 3. The summed E-state index contributed by atoms with van der Waals surface area (Å²) in [7, 11) is 1.49. The lowest BCUT2D eigenvalue weighted by Crippen LogP contribution is -2.46. The average Bonchev–Trinajstić information content (AvgIpc) is 3.15. The van der Waals surface area contributed by atoms with E-state index in [2.05, 4.69) is 22.0 Å². The summed E-state index contributed by atoms with van der Waals surface area (Å²) >= 11 is 4.27. The summed E-state index contributed by atoms with van der Waals surface area (Å²) in [5, 5.41) is 8.80. The number of hydrogen-bond acceptors (Lipinski definition) is 8. The van der Waals surface area contributed by atoms with Crippen LogP contribution < -0.4 is 9.47 Å². The van der Waals surface area contributed by atoms with Gasteiger partial charge >= 0.3 is 0 Å². The lowest BCUT2D eigenvalue weighted by Gasteiger charge is -2.28. The summed E-state index contributed by atoms with van der Waals surface area (Å²) in [6, 6.07) is 12.7. The third kappa shape index (κ3) is 5.73. The van der Waals surface area contributed by atoms with E-state index in [0.717, 1.165) is 22.2 Å². The molecule has 0 unspecified atom stereocenters. The molecule has 2 aromatic carbocycles. The van der Waals surface area contributed by atoms with Crippen LogP contribution in [0.25, 0.3) is 6.08 Å². The zero-order valence-corrected chi connectivity index (χ0v) is 21.8. The highest BCUT2D eigenvalue weighted by molar-refractivity contribution is 9.10. The topological polar surface area (TPSA) is 109 Å². The van der Waals surface area contributed by atoms with Gasteiger partial charge in [-0.3, -0.25) is 19.3 Å². The molecule has 0 N–H and O–H groups in total. The first-order chi connectivity index (χ1) is 17.4. The molecule has 0 aliphatic carbocycles. The molecule has 2 saturated heterocycles.